The highest BCUT2D eigenvalue weighted by atomic mass is 16.4. The van der Waals surface area contributed by atoms with Crippen LogP contribution in [0.1, 0.15) is 45.4 Å². The third kappa shape index (κ3) is 5.21. The maximum absolute atomic E-state index is 11.7. The third-order valence-electron chi connectivity index (χ3n) is 3.64. The lowest BCUT2D eigenvalue weighted by atomic mass is 9.85. The van der Waals surface area contributed by atoms with Crippen molar-refractivity contribution in [1.29, 1.82) is 0 Å². The van der Waals surface area contributed by atoms with Gasteiger partial charge >= 0.3 is 12.0 Å². The molecule has 0 aromatic rings. The molecular weight excluding hydrogens is 244 g/mol. The van der Waals surface area contributed by atoms with E-state index in [-0.39, 0.29) is 12.5 Å². The monoisotopic (exact) mass is 266 g/mol. The largest absolute Gasteiger partial charge is 0.480 e. The predicted molar refractivity (Wildman–Crippen MR) is 72.6 cm³/mol. The van der Waals surface area contributed by atoms with E-state index in [1.54, 1.807) is 0 Å². The highest BCUT2D eigenvalue weighted by Crippen LogP contribution is 2.26. The van der Waals surface area contributed by atoms with Crippen molar-refractivity contribution < 1.29 is 14.7 Å². The fourth-order valence-electron chi connectivity index (χ4n) is 2.48. The lowest BCUT2D eigenvalue weighted by Crippen LogP contribution is -2.50. The highest BCUT2D eigenvalue weighted by Gasteiger charge is 2.23. The van der Waals surface area contributed by atoms with Gasteiger partial charge in [-0.25, -0.2) is 9.59 Å². The first-order valence-corrected chi connectivity index (χ1v) is 6.78. The summed E-state index contributed by atoms with van der Waals surface area (Å²) in [5, 5.41) is 14.1. The number of carboxylic acids is 1. The molecule has 0 aliphatic heterocycles. The molecule has 0 spiro atoms. The van der Waals surface area contributed by atoms with E-state index < -0.39 is 18.0 Å². The summed E-state index contributed by atoms with van der Waals surface area (Å²) in [6.07, 6.45) is 11.0. The van der Waals surface area contributed by atoms with Crippen molar-refractivity contribution in [2.24, 2.45) is 5.92 Å². The Kier molecular flexibility index (Phi) is 6.20. The maximum atomic E-state index is 11.7. The maximum Gasteiger partial charge on any atom is 0.327 e. The van der Waals surface area contributed by atoms with Crippen LogP contribution in [0.4, 0.5) is 4.79 Å². The van der Waals surface area contributed by atoms with E-state index in [4.69, 9.17) is 11.5 Å². The molecule has 5 heteroatoms. The van der Waals surface area contributed by atoms with Crippen LogP contribution >= 0.6 is 0 Å². The molecule has 0 radical (unpaired) electrons. The number of aliphatic carboxylic acids is 1. The Morgan fingerprint density at radius 3 is 2.47 bits per heavy atom. The van der Waals surface area contributed by atoms with Gasteiger partial charge < -0.3 is 15.7 Å². The number of carbonyl (C=O) groups is 2. The molecule has 1 aliphatic rings. The minimum Gasteiger partial charge on any atom is -0.480 e. The molecule has 0 saturated heterocycles. The molecule has 1 rings (SSSR count). The van der Waals surface area contributed by atoms with Crippen molar-refractivity contribution in [2.45, 2.75) is 57.5 Å². The summed E-state index contributed by atoms with van der Waals surface area (Å²) in [7, 11) is 0. The third-order valence-corrected chi connectivity index (χ3v) is 3.64. The second kappa shape index (κ2) is 7.67. The summed E-state index contributed by atoms with van der Waals surface area (Å²) < 4.78 is 0. The van der Waals surface area contributed by atoms with E-state index in [2.05, 4.69) is 16.6 Å². The zero-order valence-electron chi connectivity index (χ0n) is 11.3. The fraction of sp³-hybridized carbons (Fsp3) is 0.714. The standard InChI is InChI=1S/C14H22N2O3/c1-3-7-12(13(17)18)16-14(19)15-10(2)11-8-5-4-6-9-11/h1,10-12H,4-9H2,2H3,(H,17,18)(H2,15,16,19). The van der Waals surface area contributed by atoms with Crippen molar-refractivity contribution >= 4 is 12.0 Å². The van der Waals surface area contributed by atoms with Gasteiger partial charge in [-0.1, -0.05) is 19.3 Å². The van der Waals surface area contributed by atoms with Crippen molar-refractivity contribution in [3.8, 4) is 12.3 Å². The van der Waals surface area contributed by atoms with Gasteiger partial charge in [-0.15, -0.1) is 12.3 Å². The molecule has 2 atom stereocenters. The van der Waals surface area contributed by atoms with Crippen LogP contribution in [-0.4, -0.2) is 29.2 Å². The van der Waals surface area contributed by atoms with Crippen LogP contribution in [0, 0.1) is 18.3 Å². The molecule has 106 valence electrons. The molecule has 1 saturated carbocycles. The Balaban J connectivity index is 2.40. The molecule has 0 bridgehead atoms. The number of hydrogen-bond acceptors (Lipinski definition) is 2. The summed E-state index contributed by atoms with van der Waals surface area (Å²) in [5.74, 6) is 1.62. The molecule has 2 unspecified atom stereocenters. The first kappa shape index (κ1) is 15.4. The first-order chi connectivity index (χ1) is 9.04. The lowest BCUT2D eigenvalue weighted by molar-refractivity contribution is -0.139. The van der Waals surface area contributed by atoms with Gasteiger partial charge in [0.25, 0.3) is 0 Å². The van der Waals surface area contributed by atoms with E-state index in [1.807, 2.05) is 6.92 Å². The van der Waals surface area contributed by atoms with Crippen LogP contribution in [-0.2, 0) is 4.79 Å². The highest BCUT2D eigenvalue weighted by molar-refractivity contribution is 5.82. The average Bonchev–Trinajstić information content (AvgIpc) is 2.39. The van der Waals surface area contributed by atoms with Crippen molar-refractivity contribution in [3.63, 3.8) is 0 Å². The average molecular weight is 266 g/mol. The fourth-order valence-corrected chi connectivity index (χ4v) is 2.48. The molecule has 1 fully saturated rings. The van der Waals surface area contributed by atoms with Crippen LogP contribution in [0.25, 0.3) is 0 Å². The van der Waals surface area contributed by atoms with Gasteiger partial charge in [-0.3, -0.25) is 0 Å². The Hall–Kier alpha value is -1.70. The number of urea groups is 1. The van der Waals surface area contributed by atoms with Gasteiger partial charge in [0, 0.05) is 12.5 Å². The molecule has 0 aromatic carbocycles. The smallest absolute Gasteiger partial charge is 0.327 e. The summed E-state index contributed by atoms with van der Waals surface area (Å²) in [4.78, 5) is 22.6. The van der Waals surface area contributed by atoms with Crippen molar-refractivity contribution in [3.05, 3.63) is 0 Å². The van der Waals surface area contributed by atoms with Gasteiger partial charge in [-0.2, -0.15) is 0 Å². The number of carbonyl (C=O) groups excluding carboxylic acids is 1. The van der Waals surface area contributed by atoms with Crippen LogP contribution in [0.2, 0.25) is 0 Å². The number of rotatable bonds is 5. The molecule has 0 aromatic heterocycles. The summed E-state index contributed by atoms with van der Waals surface area (Å²) in [6, 6.07) is -1.43. The number of carboxylic acid groups (broad SMARTS) is 1. The molecule has 0 heterocycles. The second-order valence-corrected chi connectivity index (χ2v) is 5.10. The minimum atomic E-state index is -1.11. The van der Waals surface area contributed by atoms with E-state index in [9.17, 15) is 9.59 Å². The molecule has 2 amide bonds. The Morgan fingerprint density at radius 2 is 1.95 bits per heavy atom. The topological polar surface area (TPSA) is 78.4 Å². The lowest BCUT2D eigenvalue weighted by Gasteiger charge is -2.28. The summed E-state index contributed by atoms with van der Waals surface area (Å²) in [6.45, 7) is 1.96. The molecule has 3 N–H and O–H groups in total. The first-order valence-electron chi connectivity index (χ1n) is 6.78. The van der Waals surface area contributed by atoms with Crippen LogP contribution in [0.3, 0.4) is 0 Å². The second-order valence-electron chi connectivity index (χ2n) is 5.10. The quantitative estimate of drug-likeness (QED) is 0.663. The molecule has 1 aliphatic carbocycles. The summed E-state index contributed by atoms with van der Waals surface area (Å²) >= 11 is 0. The molecule has 5 nitrogen and oxygen atoms in total. The van der Waals surface area contributed by atoms with Crippen LogP contribution in [0.5, 0.6) is 0 Å². The van der Waals surface area contributed by atoms with Crippen LogP contribution < -0.4 is 10.6 Å². The summed E-state index contributed by atoms with van der Waals surface area (Å²) in [5.41, 5.74) is 0. The van der Waals surface area contributed by atoms with E-state index >= 15 is 0 Å². The predicted octanol–water partition coefficient (Wildman–Crippen LogP) is 1.73. The zero-order valence-corrected chi connectivity index (χ0v) is 11.3. The minimum absolute atomic E-state index is 0.0133. The normalized spacial score (nSPS) is 18.9. The number of terminal acetylenes is 1. The van der Waals surface area contributed by atoms with Gasteiger partial charge in [-0.05, 0) is 25.7 Å². The molecule has 19 heavy (non-hydrogen) atoms. The van der Waals surface area contributed by atoms with Crippen molar-refractivity contribution in [2.75, 3.05) is 0 Å². The number of nitrogens with one attached hydrogen (secondary N) is 2. The van der Waals surface area contributed by atoms with Gasteiger partial charge in [0.15, 0.2) is 0 Å². The molecular formula is C14H22N2O3. The van der Waals surface area contributed by atoms with Gasteiger partial charge in [0.05, 0.1) is 0 Å². The Labute approximate surface area is 114 Å². The van der Waals surface area contributed by atoms with E-state index in [0.717, 1.165) is 12.8 Å². The zero-order chi connectivity index (χ0) is 14.3. The van der Waals surface area contributed by atoms with Gasteiger partial charge in [0.1, 0.15) is 6.04 Å². The number of hydrogen-bond donors (Lipinski definition) is 3. The van der Waals surface area contributed by atoms with E-state index in [1.165, 1.54) is 19.3 Å². The Bertz CT molecular complexity index is 356. The number of amides is 2. The SMILES string of the molecule is C#CCC(NC(=O)NC(C)C1CCCCC1)C(=O)O. The van der Waals surface area contributed by atoms with Crippen LogP contribution in [0.15, 0.2) is 0 Å². The van der Waals surface area contributed by atoms with Crippen molar-refractivity contribution in [1.82, 2.24) is 10.6 Å². The Morgan fingerprint density at radius 1 is 1.32 bits per heavy atom. The van der Waals surface area contributed by atoms with E-state index in [0.29, 0.717) is 5.92 Å². The van der Waals surface area contributed by atoms with Gasteiger partial charge in [0.2, 0.25) is 0 Å².